The lowest BCUT2D eigenvalue weighted by Gasteiger charge is -2.23. The van der Waals surface area contributed by atoms with Gasteiger partial charge in [-0.05, 0) is 49.5 Å². The molecule has 0 radical (unpaired) electrons. The van der Waals surface area contributed by atoms with Crippen molar-refractivity contribution < 1.29 is 0 Å². The van der Waals surface area contributed by atoms with Gasteiger partial charge in [0.2, 0.25) is 0 Å². The van der Waals surface area contributed by atoms with Gasteiger partial charge in [-0.15, -0.1) is 0 Å². The Hall–Kier alpha value is 0.0900. The van der Waals surface area contributed by atoms with Gasteiger partial charge in [-0.3, -0.25) is 0 Å². The third kappa shape index (κ3) is 3.66. The van der Waals surface area contributed by atoms with Crippen LogP contribution in [0.4, 0.5) is 0 Å². The average molecular weight is 184 g/mol. The Morgan fingerprint density at radius 2 is 2.42 bits per heavy atom. The first kappa shape index (κ1) is 10.2. The molecule has 0 aliphatic heterocycles. The molecule has 0 aromatic carbocycles. The molecule has 1 aliphatic carbocycles. The molecule has 0 N–H and O–H groups in total. The maximum Gasteiger partial charge on any atom is -0.00649 e. The Kier molecular flexibility index (Phi) is 4.82. The van der Waals surface area contributed by atoms with Crippen LogP contribution >= 0.6 is 11.8 Å². The lowest BCUT2D eigenvalue weighted by molar-refractivity contribution is 0.411. The maximum atomic E-state index is 4.09. The molecule has 1 atom stereocenters. The summed E-state index contributed by atoms with van der Waals surface area (Å²) in [4.78, 5) is 0. The molecule has 1 fully saturated rings. The van der Waals surface area contributed by atoms with E-state index in [0.717, 1.165) is 5.92 Å². The van der Waals surface area contributed by atoms with E-state index in [2.05, 4.69) is 25.3 Å². The van der Waals surface area contributed by atoms with Crippen LogP contribution in [0.5, 0.6) is 0 Å². The fourth-order valence-electron chi connectivity index (χ4n) is 1.89. The molecule has 70 valence electrons. The van der Waals surface area contributed by atoms with Crippen LogP contribution in [-0.2, 0) is 0 Å². The van der Waals surface area contributed by atoms with E-state index in [9.17, 15) is 0 Å². The maximum absolute atomic E-state index is 4.09. The normalized spacial score (nSPS) is 24.4. The highest BCUT2D eigenvalue weighted by atomic mass is 32.2. The molecule has 0 aromatic heterocycles. The van der Waals surface area contributed by atoms with Crippen LogP contribution in [0.2, 0.25) is 0 Å². The van der Waals surface area contributed by atoms with E-state index in [0.29, 0.717) is 0 Å². The van der Waals surface area contributed by atoms with Gasteiger partial charge in [0.05, 0.1) is 0 Å². The predicted molar refractivity (Wildman–Crippen MR) is 58.7 cm³/mol. The molecule has 12 heavy (non-hydrogen) atoms. The fourth-order valence-corrected chi connectivity index (χ4v) is 2.68. The van der Waals surface area contributed by atoms with E-state index in [4.69, 9.17) is 0 Å². The largest absolute Gasteiger partial charge is 0.162 e. The molecule has 1 heteroatoms. The van der Waals surface area contributed by atoms with Crippen LogP contribution in [0.25, 0.3) is 0 Å². The molecule has 1 rings (SSSR count). The monoisotopic (exact) mass is 184 g/mol. The Morgan fingerprint density at radius 1 is 1.58 bits per heavy atom. The number of hydrogen-bond donors (Lipinski definition) is 0. The average Bonchev–Trinajstić information content (AvgIpc) is 2.05. The Balaban J connectivity index is 2.10. The molecular formula is C11H20S. The lowest BCUT2D eigenvalue weighted by Crippen LogP contribution is -2.08. The number of thioether (sulfide) groups is 1. The van der Waals surface area contributed by atoms with Crippen LogP contribution in [-0.4, -0.2) is 11.5 Å². The van der Waals surface area contributed by atoms with Crippen LogP contribution in [0.15, 0.2) is 12.2 Å². The summed E-state index contributed by atoms with van der Waals surface area (Å²) in [5.41, 5.74) is 1.49. The summed E-state index contributed by atoms with van der Waals surface area (Å²) >= 11 is 2.07. The van der Waals surface area contributed by atoms with Crippen molar-refractivity contribution in [3.63, 3.8) is 0 Å². The highest BCUT2D eigenvalue weighted by Crippen LogP contribution is 2.30. The summed E-state index contributed by atoms with van der Waals surface area (Å²) in [6, 6.07) is 0. The van der Waals surface area contributed by atoms with E-state index in [1.54, 1.807) is 0 Å². The third-order valence-corrected chi connectivity index (χ3v) is 3.53. The Bertz CT molecular complexity index is 140. The van der Waals surface area contributed by atoms with Gasteiger partial charge in [0.15, 0.2) is 0 Å². The minimum atomic E-state index is 0.963. The van der Waals surface area contributed by atoms with Crippen LogP contribution in [0, 0.1) is 5.92 Å². The van der Waals surface area contributed by atoms with Gasteiger partial charge in [0, 0.05) is 0 Å². The van der Waals surface area contributed by atoms with Gasteiger partial charge >= 0.3 is 0 Å². The standard InChI is InChI=1S/C11H20S/c1-3-12-8-7-11-6-4-5-10(2)9-11/h11H,2-9H2,1H3. The van der Waals surface area contributed by atoms with Gasteiger partial charge in [-0.25, -0.2) is 0 Å². The van der Waals surface area contributed by atoms with Crippen molar-refractivity contribution in [2.24, 2.45) is 5.92 Å². The van der Waals surface area contributed by atoms with Gasteiger partial charge in [-0.2, -0.15) is 11.8 Å². The summed E-state index contributed by atoms with van der Waals surface area (Å²) in [7, 11) is 0. The van der Waals surface area contributed by atoms with E-state index < -0.39 is 0 Å². The van der Waals surface area contributed by atoms with E-state index in [1.807, 2.05) is 0 Å². The topological polar surface area (TPSA) is 0 Å². The molecule has 0 bridgehead atoms. The highest BCUT2D eigenvalue weighted by Gasteiger charge is 2.14. The molecule has 1 unspecified atom stereocenters. The molecule has 0 aromatic rings. The Labute approximate surface area is 80.8 Å². The lowest BCUT2D eigenvalue weighted by atomic mass is 9.85. The third-order valence-electron chi connectivity index (χ3n) is 2.59. The first-order valence-corrected chi connectivity index (χ1v) is 6.22. The van der Waals surface area contributed by atoms with Gasteiger partial charge in [0.1, 0.15) is 0 Å². The van der Waals surface area contributed by atoms with Gasteiger partial charge < -0.3 is 0 Å². The minimum absolute atomic E-state index is 0.963. The van der Waals surface area contributed by atoms with E-state index >= 15 is 0 Å². The van der Waals surface area contributed by atoms with Crippen molar-refractivity contribution in [1.29, 1.82) is 0 Å². The summed E-state index contributed by atoms with van der Waals surface area (Å²) in [5.74, 6) is 3.59. The number of rotatable bonds is 4. The van der Waals surface area contributed by atoms with E-state index in [1.165, 1.54) is 49.2 Å². The first-order valence-electron chi connectivity index (χ1n) is 5.07. The quantitative estimate of drug-likeness (QED) is 0.472. The zero-order valence-corrected chi connectivity index (χ0v) is 8.96. The van der Waals surface area contributed by atoms with Crippen LogP contribution in [0.3, 0.4) is 0 Å². The highest BCUT2D eigenvalue weighted by molar-refractivity contribution is 7.99. The molecule has 1 aliphatic rings. The molecule has 0 spiro atoms. The van der Waals surface area contributed by atoms with Crippen molar-refractivity contribution in [1.82, 2.24) is 0 Å². The number of hydrogen-bond acceptors (Lipinski definition) is 1. The van der Waals surface area contributed by atoms with Crippen molar-refractivity contribution >= 4 is 11.8 Å². The molecule has 0 saturated heterocycles. The Morgan fingerprint density at radius 3 is 3.08 bits per heavy atom. The molecular weight excluding hydrogens is 164 g/mol. The second kappa shape index (κ2) is 5.69. The summed E-state index contributed by atoms with van der Waals surface area (Å²) < 4.78 is 0. The summed E-state index contributed by atoms with van der Waals surface area (Å²) in [5, 5.41) is 0. The predicted octanol–water partition coefficient (Wildman–Crippen LogP) is 3.88. The van der Waals surface area contributed by atoms with Gasteiger partial charge in [-0.1, -0.05) is 19.1 Å². The van der Waals surface area contributed by atoms with Crippen molar-refractivity contribution in [2.75, 3.05) is 11.5 Å². The molecule has 0 heterocycles. The van der Waals surface area contributed by atoms with Crippen molar-refractivity contribution in [3.05, 3.63) is 12.2 Å². The molecule has 0 nitrogen and oxygen atoms in total. The van der Waals surface area contributed by atoms with Crippen molar-refractivity contribution in [3.8, 4) is 0 Å². The molecule has 1 saturated carbocycles. The molecule has 0 amide bonds. The summed E-state index contributed by atoms with van der Waals surface area (Å²) in [6.45, 7) is 6.33. The van der Waals surface area contributed by atoms with E-state index in [-0.39, 0.29) is 0 Å². The summed E-state index contributed by atoms with van der Waals surface area (Å²) in [6.07, 6.45) is 6.85. The second-order valence-corrected chi connectivity index (χ2v) is 5.09. The zero-order valence-electron chi connectivity index (χ0n) is 8.14. The SMILES string of the molecule is C=C1CCCC(CCSCC)C1. The van der Waals surface area contributed by atoms with Crippen molar-refractivity contribution in [2.45, 2.75) is 39.0 Å². The second-order valence-electron chi connectivity index (χ2n) is 3.70. The zero-order chi connectivity index (χ0) is 8.81. The van der Waals surface area contributed by atoms with Crippen LogP contribution in [0.1, 0.15) is 39.0 Å². The number of allylic oxidation sites excluding steroid dienone is 1. The fraction of sp³-hybridized carbons (Fsp3) is 0.818. The smallest absolute Gasteiger partial charge is 0.00649 e. The van der Waals surface area contributed by atoms with Crippen LogP contribution < -0.4 is 0 Å². The minimum Gasteiger partial charge on any atom is -0.162 e. The first-order chi connectivity index (χ1) is 5.83. The van der Waals surface area contributed by atoms with Gasteiger partial charge in [0.25, 0.3) is 0 Å².